The highest BCUT2D eigenvalue weighted by Crippen LogP contribution is 2.06. The van der Waals surface area contributed by atoms with Crippen molar-refractivity contribution in [3.63, 3.8) is 0 Å². The van der Waals surface area contributed by atoms with E-state index in [4.69, 9.17) is 4.74 Å². The molecule has 0 spiro atoms. The van der Waals surface area contributed by atoms with Gasteiger partial charge in [-0.3, -0.25) is 0 Å². The van der Waals surface area contributed by atoms with Gasteiger partial charge in [0.15, 0.2) is 5.69 Å². The van der Waals surface area contributed by atoms with Crippen LogP contribution < -0.4 is 5.01 Å². The van der Waals surface area contributed by atoms with Crippen LogP contribution >= 0.6 is 0 Å². The third-order valence-corrected chi connectivity index (χ3v) is 2.01. The van der Waals surface area contributed by atoms with Crippen molar-refractivity contribution in [2.75, 3.05) is 25.8 Å². The first-order valence-corrected chi connectivity index (χ1v) is 5.22. The Morgan fingerprint density at radius 1 is 1.26 bits per heavy atom. The molecule has 104 valence electrons. The minimum atomic E-state index is -1.03. The van der Waals surface area contributed by atoms with Crippen molar-refractivity contribution in [3.05, 3.63) is 18.2 Å². The fourth-order valence-electron chi connectivity index (χ4n) is 1.22. The van der Waals surface area contributed by atoms with Gasteiger partial charge < -0.3 is 14.2 Å². The summed E-state index contributed by atoms with van der Waals surface area (Å²) >= 11 is 0. The lowest BCUT2D eigenvalue weighted by molar-refractivity contribution is 0.0513. The van der Waals surface area contributed by atoms with Gasteiger partial charge in [-0.05, 0) is 6.92 Å². The van der Waals surface area contributed by atoms with Crippen LogP contribution in [0.5, 0.6) is 0 Å². The van der Waals surface area contributed by atoms with Crippen LogP contribution in [0.2, 0.25) is 0 Å². The van der Waals surface area contributed by atoms with Crippen molar-refractivity contribution in [2.24, 2.45) is 0 Å². The number of methoxy groups -OCH3 is 2. The van der Waals surface area contributed by atoms with Crippen LogP contribution in [0.1, 0.15) is 17.4 Å². The summed E-state index contributed by atoms with van der Waals surface area (Å²) in [6.45, 7) is 1.76. The van der Waals surface area contributed by atoms with E-state index in [9.17, 15) is 14.4 Å². The molecule has 0 unspecified atom stereocenters. The largest absolute Gasteiger partial charge is 0.461 e. The molecule has 0 aromatic carbocycles. The summed E-state index contributed by atoms with van der Waals surface area (Å²) in [6, 6.07) is 0. The molecule has 1 aromatic heterocycles. The molecule has 1 heterocycles. The molecule has 0 atom stereocenters. The molecule has 2 amide bonds. The average Bonchev–Trinajstić information content (AvgIpc) is 2.87. The lowest BCUT2D eigenvalue weighted by Crippen LogP contribution is -2.46. The minimum absolute atomic E-state index is 0.113. The molecular formula is C10H13N3O6. The Balaban J connectivity index is 3.17. The first kappa shape index (κ1) is 14.5. The Morgan fingerprint density at radius 2 is 1.84 bits per heavy atom. The molecule has 9 heteroatoms. The second-order valence-electron chi connectivity index (χ2n) is 3.10. The molecule has 0 radical (unpaired) electrons. The summed E-state index contributed by atoms with van der Waals surface area (Å²) in [5.74, 6) is -0.738. The van der Waals surface area contributed by atoms with Crippen molar-refractivity contribution < 1.29 is 28.6 Å². The van der Waals surface area contributed by atoms with Gasteiger partial charge in [0.05, 0.1) is 27.0 Å². The number of hydrogen-bond acceptors (Lipinski definition) is 7. The van der Waals surface area contributed by atoms with Crippen LogP contribution in [0.25, 0.3) is 0 Å². The SMILES string of the molecule is CCOC(=O)c1cncn1N(C(=O)OC)C(=O)OC. The van der Waals surface area contributed by atoms with Gasteiger partial charge in [-0.15, -0.1) is 5.01 Å². The monoisotopic (exact) mass is 271 g/mol. The number of rotatable bonds is 3. The standard InChI is InChI=1S/C10H13N3O6/c1-4-19-8(14)7-5-11-6-12(7)13(9(15)17-2)10(16)18-3/h5-6H,4H2,1-3H3. The molecule has 0 fully saturated rings. The first-order valence-electron chi connectivity index (χ1n) is 5.22. The van der Waals surface area contributed by atoms with Gasteiger partial charge >= 0.3 is 18.2 Å². The number of imidazole rings is 1. The second kappa shape index (κ2) is 6.38. The van der Waals surface area contributed by atoms with E-state index >= 15 is 0 Å². The van der Waals surface area contributed by atoms with E-state index in [0.29, 0.717) is 5.01 Å². The highest BCUT2D eigenvalue weighted by molar-refractivity contribution is 6.02. The van der Waals surface area contributed by atoms with E-state index in [0.717, 1.165) is 31.4 Å². The van der Waals surface area contributed by atoms with E-state index in [1.54, 1.807) is 6.92 Å². The summed E-state index contributed by atoms with van der Waals surface area (Å²) < 4.78 is 14.5. The molecule has 0 saturated carbocycles. The average molecular weight is 271 g/mol. The molecule has 1 rings (SSSR count). The van der Waals surface area contributed by atoms with Crippen LogP contribution in [-0.4, -0.2) is 48.6 Å². The van der Waals surface area contributed by atoms with Crippen molar-refractivity contribution in [1.82, 2.24) is 9.66 Å². The summed E-state index contributed by atoms with van der Waals surface area (Å²) in [6.07, 6.45) is 0.169. The highest BCUT2D eigenvalue weighted by atomic mass is 16.6. The van der Waals surface area contributed by atoms with Crippen LogP contribution in [-0.2, 0) is 14.2 Å². The van der Waals surface area contributed by atoms with Gasteiger partial charge in [0.25, 0.3) is 0 Å². The summed E-state index contributed by atoms with van der Waals surface area (Å²) in [5.41, 5.74) is -0.113. The molecule has 9 nitrogen and oxygen atoms in total. The fraction of sp³-hybridized carbons (Fsp3) is 0.400. The first-order chi connectivity index (χ1) is 9.06. The van der Waals surface area contributed by atoms with Crippen LogP contribution in [0, 0.1) is 0 Å². The summed E-state index contributed by atoms with van der Waals surface area (Å²) in [5, 5.41) is 0.471. The third-order valence-electron chi connectivity index (χ3n) is 2.01. The molecule has 0 N–H and O–H groups in total. The molecule has 0 aliphatic carbocycles. The van der Waals surface area contributed by atoms with Crippen LogP contribution in [0.4, 0.5) is 9.59 Å². The number of imide groups is 1. The van der Waals surface area contributed by atoms with Crippen LogP contribution in [0.3, 0.4) is 0 Å². The predicted octanol–water partition coefficient (Wildman–Crippen LogP) is 0.531. The van der Waals surface area contributed by atoms with E-state index < -0.39 is 18.2 Å². The zero-order valence-corrected chi connectivity index (χ0v) is 10.7. The third kappa shape index (κ3) is 3.00. The number of carbonyl (C=O) groups is 3. The molecule has 0 aliphatic heterocycles. The number of aromatic nitrogens is 2. The smallest absolute Gasteiger partial charge is 0.439 e. The fourth-order valence-corrected chi connectivity index (χ4v) is 1.22. The Labute approximate surface area is 108 Å². The van der Waals surface area contributed by atoms with Gasteiger partial charge in [0.1, 0.15) is 6.33 Å². The number of nitrogens with zero attached hydrogens (tertiary/aromatic N) is 3. The Kier molecular flexibility index (Phi) is 4.86. The van der Waals surface area contributed by atoms with Crippen molar-refractivity contribution >= 4 is 18.2 Å². The van der Waals surface area contributed by atoms with E-state index in [2.05, 4.69) is 14.5 Å². The predicted molar refractivity (Wildman–Crippen MR) is 61.2 cm³/mol. The van der Waals surface area contributed by atoms with E-state index in [1.807, 2.05) is 0 Å². The molecular weight excluding hydrogens is 258 g/mol. The van der Waals surface area contributed by atoms with E-state index in [1.165, 1.54) is 0 Å². The lowest BCUT2D eigenvalue weighted by atomic mass is 10.5. The Bertz CT molecular complexity index is 467. The summed E-state index contributed by atoms with van der Waals surface area (Å²) in [7, 11) is 2.17. The number of carbonyl (C=O) groups excluding carboxylic acids is 3. The van der Waals surface area contributed by atoms with Gasteiger partial charge in [0.2, 0.25) is 0 Å². The van der Waals surface area contributed by atoms with Crippen molar-refractivity contribution in [1.29, 1.82) is 0 Å². The maximum absolute atomic E-state index is 11.6. The second-order valence-corrected chi connectivity index (χ2v) is 3.10. The molecule has 0 aliphatic rings. The van der Waals surface area contributed by atoms with Crippen molar-refractivity contribution in [3.8, 4) is 0 Å². The molecule has 0 saturated heterocycles. The number of amides is 2. The van der Waals surface area contributed by atoms with Crippen LogP contribution in [0.15, 0.2) is 12.5 Å². The van der Waals surface area contributed by atoms with E-state index in [-0.39, 0.29) is 12.3 Å². The topological polar surface area (TPSA) is 100.0 Å². The zero-order valence-electron chi connectivity index (χ0n) is 10.7. The van der Waals surface area contributed by atoms with Gasteiger partial charge in [0, 0.05) is 0 Å². The zero-order chi connectivity index (χ0) is 14.4. The normalized spacial score (nSPS) is 9.63. The molecule has 0 bridgehead atoms. The van der Waals surface area contributed by atoms with Gasteiger partial charge in [-0.25, -0.2) is 24.0 Å². The maximum Gasteiger partial charge on any atom is 0.439 e. The van der Waals surface area contributed by atoms with Gasteiger partial charge in [-0.1, -0.05) is 0 Å². The molecule has 1 aromatic rings. The number of hydrogen-bond donors (Lipinski definition) is 0. The lowest BCUT2D eigenvalue weighted by Gasteiger charge is -2.19. The maximum atomic E-state index is 11.6. The van der Waals surface area contributed by atoms with Gasteiger partial charge in [-0.2, -0.15) is 0 Å². The molecule has 19 heavy (non-hydrogen) atoms. The summed E-state index contributed by atoms with van der Waals surface area (Å²) in [4.78, 5) is 38.4. The highest BCUT2D eigenvalue weighted by Gasteiger charge is 2.29. The number of ether oxygens (including phenoxy) is 3. The van der Waals surface area contributed by atoms with Crippen molar-refractivity contribution in [2.45, 2.75) is 6.92 Å². The Morgan fingerprint density at radius 3 is 2.32 bits per heavy atom. The number of esters is 1. The minimum Gasteiger partial charge on any atom is -0.461 e. The quantitative estimate of drug-likeness (QED) is 0.583. The Hall–Kier alpha value is -2.58.